The maximum atomic E-state index is 10.8. The largest absolute Gasteiger partial charge is 0.423 e. The summed E-state index contributed by atoms with van der Waals surface area (Å²) in [6.45, 7) is 5.14. The van der Waals surface area contributed by atoms with Crippen LogP contribution in [0, 0.1) is 6.92 Å². The summed E-state index contributed by atoms with van der Waals surface area (Å²) in [6.07, 6.45) is 1.12. The Balaban J connectivity index is 2.85. The van der Waals surface area contributed by atoms with Crippen LogP contribution >= 0.6 is 11.6 Å². The Morgan fingerprint density at radius 3 is 2.85 bits per heavy atom. The van der Waals surface area contributed by atoms with E-state index in [9.17, 15) is 4.79 Å². The number of rotatable bonds is 2. The van der Waals surface area contributed by atoms with Crippen molar-refractivity contribution in [3.05, 3.63) is 41.4 Å². The van der Waals surface area contributed by atoms with Gasteiger partial charge >= 0.3 is 5.97 Å². The summed E-state index contributed by atoms with van der Waals surface area (Å²) < 4.78 is 4.88. The highest BCUT2D eigenvalue weighted by molar-refractivity contribution is 6.31. The molecule has 0 atom stereocenters. The van der Waals surface area contributed by atoms with Crippen molar-refractivity contribution in [3.8, 4) is 5.75 Å². The second-order valence-electron chi connectivity index (χ2n) is 2.54. The third kappa shape index (κ3) is 2.60. The molecule has 13 heavy (non-hydrogen) atoms. The molecule has 0 radical (unpaired) electrons. The molecule has 0 aliphatic heterocycles. The zero-order chi connectivity index (χ0) is 9.84. The SMILES string of the molecule is C=CC(=O)Oc1ccc(Cl)c(C)c1. The number of ether oxygens (including phenoxy) is 1. The highest BCUT2D eigenvalue weighted by atomic mass is 35.5. The quantitative estimate of drug-likeness (QED) is 0.413. The Bertz CT molecular complexity index is 345. The van der Waals surface area contributed by atoms with Crippen LogP contribution in [-0.2, 0) is 4.79 Å². The van der Waals surface area contributed by atoms with E-state index in [1.54, 1.807) is 18.2 Å². The van der Waals surface area contributed by atoms with Crippen molar-refractivity contribution in [2.45, 2.75) is 6.92 Å². The first-order valence-corrected chi connectivity index (χ1v) is 4.11. The van der Waals surface area contributed by atoms with E-state index in [2.05, 4.69) is 6.58 Å². The highest BCUT2D eigenvalue weighted by Crippen LogP contribution is 2.20. The molecule has 0 aliphatic rings. The maximum absolute atomic E-state index is 10.8. The van der Waals surface area contributed by atoms with Gasteiger partial charge in [-0.15, -0.1) is 0 Å². The summed E-state index contributed by atoms with van der Waals surface area (Å²) in [5.41, 5.74) is 0.871. The topological polar surface area (TPSA) is 26.3 Å². The first-order valence-electron chi connectivity index (χ1n) is 3.74. The van der Waals surface area contributed by atoms with Crippen molar-refractivity contribution >= 4 is 17.6 Å². The van der Waals surface area contributed by atoms with E-state index >= 15 is 0 Å². The second-order valence-corrected chi connectivity index (χ2v) is 2.94. The fourth-order valence-electron chi connectivity index (χ4n) is 0.838. The van der Waals surface area contributed by atoms with E-state index in [0.717, 1.165) is 11.6 Å². The van der Waals surface area contributed by atoms with E-state index in [1.165, 1.54) is 0 Å². The van der Waals surface area contributed by atoms with E-state index in [1.807, 2.05) is 6.92 Å². The number of aryl methyl sites for hydroxylation is 1. The van der Waals surface area contributed by atoms with Gasteiger partial charge in [-0.1, -0.05) is 18.2 Å². The molecule has 0 amide bonds. The predicted molar refractivity (Wildman–Crippen MR) is 52.0 cm³/mol. The molecule has 0 spiro atoms. The molecule has 0 unspecified atom stereocenters. The standard InChI is InChI=1S/C10H9ClO2/c1-3-10(12)13-8-4-5-9(11)7(2)6-8/h3-6H,1H2,2H3. The van der Waals surface area contributed by atoms with Gasteiger partial charge < -0.3 is 4.74 Å². The minimum absolute atomic E-state index is 0.471. The van der Waals surface area contributed by atoms with Crippen LogP contribution in [0.4, 0.5) is 0 Å². The molecule has 68 valence electrons. The van der Waals surface area contributed by atoms with Gasteiger partial charge in [-0.05, 0) is 30.7 Å². The molecule has 1 rings (SSSR count). The molecular weight excluding hydrogens is 188 g/mol. The van der Waals surface area contributed by atoms with Crippen LogP contribution in [0.25, 0.3) is 0 Å². The summed E-state index contributed by atoms with van der Waals surface area (Å²) in [4.78, 5) is 10.8. The summed E-state index contributed by atoms with van der Waals surface area (Å²) in [5.74, 6) is 0.00789. The lowest BCUT2D eigenvalue weighted by atomic mass is 10.2. The summed E-state index contributed by atoms with van der Waals surface area (Å²) >= 11 is 5.79. The number of esters is 1. The fourth-order valence-corrected chi connectivity index (χ4v) is 0.956. The first kappa shape index (κ1) is 9.81. The second kappa shape index (κ2) is 4.10. The molecule has 1 aromatic rings. The number of hydrogen-bond donors (Lipinski definition) is 0. The van der Waals surface area contributed by atoms with Gasteiger partial charge in [0.05, 0.1) is 0 Å². The zero-order valence-electron chi connectivity index (χ0n) is 7.21. The van der Waals surface area contributed by atoms with Gasteiger partial charge in [0.2, 0.25) is 0 Å². The van der Waals surface area contributed by atoms with E-state index in [-0.39, 0.29) is 0 Å². The average Bonchev–Trinajstić information content (AvgIpc) is 2.11. The molecule has 0 saturated heterocycles. The molecule has 0 saturated carbocycles. The molecule has 3 heteroatoms. The Kier molecular flexibility index (Phi) is 3.09. The van der Waals surface area contributed by atoms with Crippen LogP contribution < -0.4 is 4.74 Å². The normalized spacial score (nSPS) is 9.38. The third-order valence-corrected chi connectivity index (χ3v) is 1.94. The molecule has 0 aliphatic carbocycles. The Morgan fingerprint density at radius 2 is 2.31 bits per heavy atom. The Morgan fingerprint density at radius 1 is 1.62 bits per heavy atom. The van der Waals surface area contributed by atoms with Crippen LogP contribution in [0.15, 0.2) is 30.9 Å². The minimum Gasteiger partial charge on any atom is -0.423 e. The Hall–Kier alpha value is -1.28. The highest BCUT2D eigenvalue weighted by Gasteiger charge is 2.01. The number of halogens is 1. The predicted octanol–water partition coefficient (Wildman–Crippen LogP) is 2.74. The molecular formula is C10H9ClO2. The van der Waals surface area contributed by atoms with Gasteiger partial charge in [-0.25, -0.2) is 4.79 Å². The van der Waals surface area contributed by atoms with Gasteiger partial charge in [-0.2, -0.15) is 0 Å². The third-order valence-electron chi connectivity index (χ3n) is 1.51. The molecule has 1 aromatic carbocycles. The van der Waals surface area contributed by atoms with Crippen molar-refractivity contribution in [2.24, 2.45) is 0 Å². The summed E-state index contributed by atoms with van der Waals surface area (Å²) in [5, 5.41) is 0.651. The zero-order valence-corrected chi connectivity index (χ0v) is 7.97. The van der Waals surface area contributed by atoms with E-state index < -0.39 is 5.97 Å². The lowest BCUT2D eigenvalue weighted by molar-refractivity contribution is -0.128. The van der Waals surface area contributed by atoms with Crippen molar-refractivity contribution in [1.29, 1.82) is 0 Å². The van der Waals surface area contributed by atoms with Crippen LogP contribution in [-0.4, -0.2) is 5.97 Å². The fraction of sp³-hybridized carbons (Fsp3) is 0.100. The minimum atomic E-state index is -0.471. The number of benzene rings is 1. The summed E-state index contributed by atoms with van der Waals surface area (Å²) in [7, 11) is 0. The van der Waals surface area contributed by atoms with Crippen LogP contribution in [0.1, 0.15) is 5.56 Å². The lowest BCUT2D eigenvalue weighted by Crippen LogP contribution is -2.02. The first-order chi connectivity index (χ1) is 6.13. The van der Waals surface area contributed by atoms with Gasteiger partial charge in [0.1, 0.15) is 5.75 Å². The number of hydrogen-bond acceptors (Lipinski definition) is 2. The summed E-state index contributed by atoms with van der Waals surface area (Å²) in [6, 6.07) is 5.02. The monoisotopic (exact) mass is 196 g/mol. The van der Waals surface area contributed by atoms with Crippen LogP contribution in [0.3, 0.4) is 0 Å². The molecule has 2 nitrogen and oxygen atoms in total. The van der Waals surface area contributed by atoms with E-state index in [0.29, 0.717) is 10.8 Å². The van der Waals surface area contributed by atoms with Gasteiger partial charge in [0.25, 0.3) is 0 Å². The lowest BCUT2D eigenvalue weighted by Gasteiger charge is -2.02. The van der Waals surface area contributed by atoms with Crippen LogP contribution in [0.2, 0.25) is 5.02 Å². The van der Waals surface area contributed by atoms with Crippen molar-refractivity contribution in [2.75, 3.05) is 0 Å². The van der Waals surface area contributed by atoms with Gasteiger partial charge in [-0.3, -0.25) is 0 Å². The molecule has 0 fully saturated rings. The van der Waals surface area contributed by atoms with Crippen molar-refractivity contribution in [1.82, 2.24) is 0 Å². The maximum Gasteiger partial charge on any atom is 0.335 e. The Labute approximate surface area is 81.8 Å². The molecule has 0 heterocycles. The van der Waals surface area contributed by atoms with Crippen LogP contribution in [0.5, 0.6) is 5.75 Å². The molecule has 0 aromatic heterocycles. The van der Waals surface area contributed by atoms with E-state index in [4.69, 9.17) is 16.3 Å². The van der Waals surface area contributed by atoms with Crippen molar-refractivity contribution < 1.29 is 9.53 Å². The average molecular weight is 197 g/mol. The van der Waals surface area contributed by atoms with Gasteiger partial charge in [0, 0.05) is 11.1 Å². The van der Waals surface area contributed by atoms with Gasteiger partial charge in [0.15, 0.2) is 0 Å². The molecule has 0 bridgehead atoms. The number of carbonyl (C=O) groups is 1. The van der Waals surface area contributed by atoms with Crippen molar-refractivity contribution in [3.63, 3.8) is 0 Å². The smallest absolute Gasteiger partial charge is 0.335 e. The number of carbonyl (C=O) groups excluding carboxylic acids is 1. The molecule has 0 N–H and O–H groups in total.